The van der Waals surface area contributed by atoms with Crippen molar-refractivity contribution in [3.8, 4) is 0 Å². The van der Waals surface area contributed by atoms with Crippen LogP contribution in [0.2, 0.25) is 0 Å². The molecule has 11 heteroatoms. The molecular formula is H2B4O7. The van der Waals surface area contributed by atoms with Crippen molar-refractivity contribution in [3.63, 3.8) is 0 Å². The third kappa shape index (κ3) is 2.64. The van der Waals surface area contributed by atoms with Gasteiger partial charge in [-0.25, -0.2) is 0 Å². The molecule has 2 N–H and O–H groups in total. The van der Waals surface area contributed by atoms with Crippen molar-refractivity contribution < 1.29 is 33.0 Å². The molecule has 11 heavy (non-hydrogen) atoms. The summed E-state index contributed by atoms with van der Waals surface area (Å²) in [6.07, 6.45) is 0. The summed E-state index contributed by atoms with van der Waals surface area (Å²) in [5, 5.41) is 16.3. The molecule has 0 aromatic heterocycles. The van der Waals surface area contributed by atoms with Crippen LogP contribution in [0.4, 0.5) is 0 Å². The Labute approximate surface area is 63.4 Å². The molecule has 0 spiro atoms. The van der Waals surface area contributed by atoms with Crippen molar-refractivity contribution in [1.29, 1.82) is 0 Å². The van der Waals surface area contributed by atoms with Crippen LogP contribution in [0.5, 0.6) is 0 Å². The van der Waals surface area contributed by atoms with Gasteiger partial charge in [-0.1, -0.05) is 0 Å². The van der Waals surface area contributed by atoms with E-state index in [1.807, 2.05) is 0 Å². The first-order valence-corrected chi connectivity index (χ1v) is 2.64. The molecule has 0 unspecified atom stereocenters. The molecule has 1 fully saturated rings. The number of hydrogen-bond donors (Lipinski definition) is 2. The second-order valence-electron chi connectivity index (χ2n) is 1.54. The van der Waals surface area contributed by atoms with Crippen molar-refractivity contribution >= 4 is 29.3 Å². The second-order valence-corrected chi connectivity index (χ2v) is 1.54. The monoisotopic (exact) mass is 158 g/mol. The summed E-state index contributed by atoms with van der Waals surface area (Å²) in [5.41, 5.74) is 0. The van der Waals surface area contributed by atoms with Gasteiger partial charge < -0.3 is 0 Å². The minimum absolute atomic E-state index is 0.135. The topological polar surface area (TPSA) is 94.5 Å². The van der Waals surface area contributed by atoms with E-state index in [9.17, 15) is 4.70 Å². The summed E-state index contributed by atoms with van der Waals surface area (Å²) in [4.78, 5) is 0. The molecular weight excluding hydrogens is 155 g/mol. The first-order valence-electron chi connectivity index (χ1n) is 2.64. The van der Waals surface area contributed by atoms with Gasteiger partial charge in [0.15, 0.2) is 0 Å². The minimum atomic E-state index is -1.97. The third-order valence-electron chi connectivity index (χ3n) is 0.844. The summed E-state index contributed by atoms with van der Waals surface area (Å²) in [7, 11) is -4.15. The van der Waals surface area contributed by atoms with Crippen LogP contribution < -0.4 is 0 Å². The van der Waals surface area contributed by atoms with E-state index in [4.69, 9.17) is 10.0 Å². The maximum atomic E-state index is 9.62. The van der Waals surface area contributed by atoms with Crippen LogP contribution in [0, 0.1) is 0 Å². The van der Waals surface area contributed by atoms with Crippen molar-refractivity contribution in [1.82, 2.24) is 0 Å². The average Bonchev–Trinajstić information content (AvgIpc) is 1.82. The van der Waals surface area contributed by atoms with E-state index in [2.05, 4.69) is 18.3 Å². The van der Waals surface area contributed by atoms with Gasteiger partial charge in [0.25, 0.3) is 0 Å². The van der Waals surface area contributed by atoms with Gasteiger partial charge in [-0.3, -0.25) is 0 Å². The predicted molar refractivity (Wildman–Crippen MR) is 32.5 cm³/mol. The van der Waals surface area contributed by atoms with Gasteiger partial charge in [0.05, 0.1) is 0 Å². The third-order valence-corrected chi connectivity index (χ3v) is 0.844. The van der Waals surface area contributed by atoms with E-state index in [1.165, 1.54) is 0 Å². The standard InChI is InChI=1S/B4H2O7/c5-1-8-3-10-4(11-3)9-2(6)7/h6-7H. The van der Waals surface area contributed by atoms with Crippen LogP contribution in [-0.4, -0.2) is 39.4 Å². The summed E-state index contributed by atoms with van der Waals surface area (Å²) in [6.45, 7) is 0. The summed E-state index contributed by atoms with van der Waals surface area (Å²) < 4.78 is 26.8. The predicted octanol–water partition coefficient (Wildman–Crippen LogP) is -3.03. The van der Waals surface area contributed by atoms with Gasteiger partial charge in [0.2, 0.25) is 0 Å². The molecule has 0 bridgehead atoms. The van der Waals surface area contributed by atoms with Crippen LogP contribution in [0.1, 0.15) is 0 Å². The molecule has 1 heterocycles. The molecule has 56 valence electrons. The molecule has 0 aliphatic carbocycles. The summed E-state index contributed by atoms with van der Waals surface area (Å²) in [6, 6.07) is 0. The zero-order valence-electron chi connectivity index (χ0n) is 5.25. The van der Waals surface area contributed by atoms with E-state index in [0.717, 1.165) is 0 Å². The van der Waals surface area contributed by atoms with Crippen LogP contribution in [0.3, 0.4) is 0 Å². The Hall–Kier alpha value is -0.340. The molecule has 1 rings (SSSR count). The quantitative estimate of drug-likeness (QED) is 0.419. The molecule has 0 atom stereocenters. The van der Waals surface area contributed by atoms with Crippen molar-refractivity contribution in [2.24, 2.45) is 0 Å². The van der Waals surface area contributed by atoms with Gasteiger partial charge in [0.1, 0.15) is 0 Å². The van der Waals surface area contributed by atoms with Gasteiger partial charge in [-0.05, 0) is 0 Å². The van der Waals surface area contributed by atoms with Crippen LogP contribution in [0.25, 0.3) is 0 Å². The fourth-order valence-electron chi connectivity index (χ4n) is 0.465. The number of hydrogen-bond acceptors (Lipinski definition) is 7. The molecule has 1 saturated heterocycles. The Morgan fingerprint density at radius 2 is 2.00 bits per heavy atom. The van der Waals surface area contributed by atoms with E-state index < -0.39 is 22.0 Å². The molecule has 0 aromatic rings. The van der Waals surface area contributed by atoms with E-state index in [1.54, 1.807) is 0 Å². The molecule has 1 aliphatic heterocycles. The fourth-order valence-corrected chi connectivity index (χ4v) is 0.465. The first-order chi connectivity index (χ1) is 5.22. The van der Waals surface area contributed by atoms with Crippen molar-refractivity contribution in [2.45, 2.75) is 0 Å². The van der Waals surface area contributed by atoms with Gasteiger partial charge in [-0.2, -0.15) is 0 Å². The molecule has 0 amide bonds. The zero-order valence-corrected chi connectivity index (χ0v) is 5.25. The van der Waals surface area contributed by atoms with Gasteiger partial charge in [0, 0.05) is 0 Å². The molecule has 0 aromatic carbocycles. The molecule has 7 nitrogen and oxygen atoms in total. The Kier molecular flexibility index (Phi) is 3.09. The van der Waals surface area contributed by atoms with Gasteiger partial charge in [-0.15, -0.1) is 0 Å². The Balaban J connectivity index is 2.04. The van der Waals surface area contributed by atoms with E-state index in [0.29, 0.717) is 0 Å². The van der Waals surface area contributed by atoms with Crippen LogP contribution in [-0.2, 0) is 23.0 Å². The summed E-state index contributed by atoms with van der Waals surface area (Å²) in [5.74, 6) is 0. The maximum absolute atomic E-state index is 9.62. The Morgan fingerprint density at radius 3 is 2.45 bits per heavy atom. The normalized spacial score (nSPS) is 15.5. The zero-order chi connectivity index (χ0) is 8.27. The average molecular weight is 157 g/mol. The Morgan fingerprint density at radius 1 is 1.36 bits per heavy atom. The second kappa shape index (κ2) is 3.88. The van der Waals surface area contributed by atoms with E-state index >= 15 is 0 Å². The SMILES string of the molecule is O=BOB1OB(OB(O)O)O1. The Bertz CT molecular complexity index is 128. The van der Waals surface area contributed by atoms with E-state index in [-0.39, 0.29) is 7.35 Å². The number of rotatable bonds is 4. The molecule has 1 aliphatic rings. The van der Waals surface area contributed by atoms with Crippen molar-refractivity contribution in [2.75, 3.05) is 0 Å². The van der Waals surface area contributed by atoms with Crippen LogP contribution in [0.15, 0.2) is 0 Å². The summed E-state index contributed by atoms with van der Waals surface area (Å²) >= 11 is 0. The van der Waals surface area contributed by atoms with Crippen molar-refractivity contribution in [3.05, 3.63) is 0 Å². The molecule has 0 saturated carbocycles. The first kappa shape index (κ1) is 8.75. The van der Waals surface area contributed by atoms with Gasteiger partial charge >= 0.3 is 62.4 Å². The fraction of sp³-hybridized carbons (Fsp3) is 0. The molecule has 0 radical (unpaired) electrons. The van der Waals surface area contributed by atoms with Crippen LogP contribution >= 0.6 is 0 Å².